The van der Waals surface area contributed by atoms with Crippen molar-refractivity contribution in [3.63, 3.8) is 0 Å². The fourth-order valence-corrected chi connectivity index (χ4v) is 4.70. The second kappa shape index (κ2) is 7.11. The molecule has 5 nitrogen and oxygen atoms in total. The van der Waals surface area contributed by atoms with Crippen molar-refractivity contribution in [2.75, 3.05) is 11.5 Å². The van der Waals surface area contributed by atoms with Gasteiger partial charge in [-0.3, -0.25) is 4.79 Å². The van der Waals surface area contributed by atoms with Crippen molar-refractivity contribution in [3.05, 3.63) is 65.7 Å². The molecule has 0 aromatic heterocycles. The van der Waals surface area contributed by atoms with E-state index in [1.54, 1.807) is 0 Å². The number of rotatable bonds is 4. The summed E-state index contributed by atoms with van der Waals surface area (Å²) in [5, 5.41) is 20.4. The van der Waals surface area contributed by atoms with Crippen LogP contribution >= 0.6 is 0 Å². The third kappa shape index (κ3) is 2.70. The molecule has 2 aromatic carbocycles. The van der Waals surface area contributed by atoms with Crippen LogP contribution in [0, 0.1) is 28.1 Å². The van der Waals surface area contributed by atoms with Crippen LogP contribution in [-0.4, -0.2) is 24.5 Å². The van der Waals surface area contributed by atoms with Crippen LogP contribution in [0.4, 0.5) is 5.69 Å². The summed E-state index contributed by atoms with van der Waals surface area (Å²) in [5.74, 6) is 0.0777. The van der Waals surface area contributed by atoms with Gasteiger partial charge in [-0.05, 0) is 43.2 Å². The van der Waals surface area contributed by atoms with Gasteiger partial charge in [-0.2, -0.15) is 10.5 Å². The number of nitriles is 2. The zero-order valence-electron chi connectivity index (χ0n) is 16.4. The molecule has 5 heteroatoms. The highest BCUT2D eigenvalue weighted by Gasteiger charge is 2.62. The van der Waals surface area contributed by atoms with Gasteiger partial charge in [-0.1, -0.05) is 42.5 Å². The summed E-state index contributed by atoms with van der Waals surface area (Å²) < 4.78 is 5.52. The maximum atomic E-state index is 12.9. The molecule has 2 aliphatic rings. The number of hydrogen-bond acceptors (Lipinski definition) is 5. The number of ketones is 1. The minimum atomic E-state index is -1.38. The van der Waals surface area contributed by atoms with Gasteiger partial charge in [0, 0.05) is 11.6 Å². The molecule has 4 rings (SSSR count). The Morgan fingerprint density at radius 1 is 1.14 bits per heavy atom. The van der Waals surface area contributed by atoms with Gasteiger partial charge in [0.05, 0.1) is 30.8 Å². The molecule has 0 bridgehead atoms. The smallest absolute Gasteiger partial charge is 0.176 e. The molecule has 2 aromatic rings. The van der Waals surface area contributed by atoms with E-state index < -0.39 is 23.4 Å². The predicted molar refractivity (Wildman–Crippen MR) is 110 cm³/mol. The van der Waals surface area contributed by atoms with Crippen molar-refractivity contribution in [3.8, 4) is 17.9 Å². The van der Waals surface area contributed by atoms with Crippen molar-refractivity contribution < 1.29 is 9.53 Å². The van der Waals surface area contributed by atoms with E-state index in [2.05, 4.69) is 12.1 Å². The third-order valence-corrected chi connectivity index (χ3v) is 5.88. The Morgan fingerprint density at radius 3 is 2.45 bits per heavy atom. The molecule has 29 heavy (non-hydrogen) atoms. The lowest BCUT2D eigenvalue weighted by atomic mass is 9.69. The zero-order chi connectivity index (χ0) is 20.6. The number of ether oxygens (including phenoxy) is 1. The number of para-hydroxylation sites is 1. The van der Waals surface area contributed by atoms with Crippen LogP contribution in [0.1, 0.15) is 30.9 Å². The Bertz CT molecular complexity index is 1040. The standard InChI is InChI=1S/C24H21N3O2/c1-3-29-19-11-8-18(9-12-19)22-23(16(2)28)27-20-7-5-4-6-17(20)10-13-21(27)24(22,14-25)15-26/h4-13,21-23H,3H2,1-2H3/t21-,22+,23+/m0/s1. The average molecular weight is 383 g/mol. The summed E-state index contributed by atoms with van der Waals surface area (Å²) in [7, 11) is 0. The van der Waals surface area contributed by atoms with E-state index in [4.69, 9.17) is 4.74 Å². The summed E-state index contributed by atoms with van der Waals surface area (Å²) >= 11 is 0. The molecule has 0 radical (unpaired) electrons. The molecule has 1 fully saturated rings. The molecule has 0 aliphatic carbocycles. The highest BCUT2D eigenvalue weighted by Crippen LogP contribution is 2.55. The SMILES string of the molecule is CCOc1ccc([C@@H]2[C@@H](C(C)=O)N3c4ccccc4C=C[C@H]3C2(C#N)C#N)cc1. The molecule has 2 aliphatic heterocycles. The normalized spacial score (nSPS) is 23.4. The molecule has 0 unspecified atom stereocenters. The quantitative estimate of drug-likeness (QED) is 0.795. The van der Waals surface area contributed by atoms with Crippen molar-refractivity contribution in [1.82, 2.24) is 0 Å². The van der Waals surface area contributed by atoms with Crippen LogP contribution in [0.25, 0.3) is 6.08 Å². The number of benzene rings is 2. The molecular formula is C24H21N3O2. The van der Waals surface area contributed by atoms with E-state index in [0.717, 1.165) is 22.6 Å². The Kier molecular flexibility index (Phi) is 4.60. The van der Waals surface area contributed by atoms with Gasteiger partial charge >= 0.3 is 0 Å². The van der Waals surface area contributed by atoms with Crippen LogP contribution < -0.4 is 9.64 Å². The minimum Gasteiger partial charge on any atom is -0.494 e. The number of carbonyl (C=O) groups is 1. The van der Waals surface area contributed by atoms with Gasteiger partial charge in [-0.25, -0.2) is 0 Å². The summed E-state index contributed by atoms with van der Waals surface area (Å²) in [5.41, 5.74) is 1.26. The van der Waals surface area contributed by atoms with Crippen LogP contribution in [-0.2, 0) is 4.79 Å². The van der Waals surface area contributed by atoms with Crippen molar-refractivity contribution in [2.45, 2.75) is 31.8 Å². The molecule has 2 heterocycles. The number of fused-ring (bicyclic) bond motifs is 3. The number of nitrogens with zero attached hydrogens (tertiary/aromatic N) is 3. The Hall–Kier alpha value is -3.57. The molecule has 0 amide bonds. The average Bonchev–Trinajstić information content (AvgIpc) is 3.06. The maximum absolute atomic E-state index is 12.9. The molecule has 3 atom stereocenters. The summed E-state index contributed by atoms with van der Waals surface area (Å²) in [6, 6.07) is 18.6. The van der Waals surface area contributed by atoms with E-state index in [-0.39, 0.29) is 5.78 Å². The number of Topliss-reactive ketones (excluding diaryl/α,β-unsaturated/α-hetero) is 1. The number of carbonyl (C=O) groups excluding carboxylic acids is 1. The number of anilines is 1. The lowest BCUT2D eigenvalue weighted by molar-refractivity contribution is -0.118. The second-order valence-electron chi connectivity index (χ2n) is 7.40. The summed E-state index contributed by atoms with van der Waals surface area (Å²) in [4.78, 5) is 14.8. The van der Waals surface area contributed by atoms with Gasteiger partial charge in [0.2, 0.25) is 0 Å². The topological polar surface area (TPSA) is 77.1 Å². The van der Waals surface area contributed by atoms with Crippen LogP contribution in [0.15, 0.2) is 54.6 Å². The second-order valence-corrected chi connectivity index (χ2v) is 7.40. The van der Waals surface area contributed by atoms with E-state index in [1.165, 1.54) is 6.92 Å². The minimum absolute atomic E-state index is 0.0636. The van der Waals surface area contributed by atoms with Crippen molar-refractivity contribution >= 4 is 17.5 Å². The number of hydrogen-bond donors (Lipinski definition) is 0. The van der Waals surface area contributed by atoms with Gasteiger partial charge < -0.3 is 9.64 Å². The van der Waals surface area contributed by atoms with Crippen LogP contribution in [0.3, 0.4) is 0 Å². The van der Waals surface area contributed by atoms with E-state index in [0.29, 0.717) is 6.61 Å². The van der Waals surface area contributed by atoms with Gasteiger partial charge in [0.15, 0.2) is 11.2 Å². The largest absolute Gasteiger partial charge is 0.494 e. The molecule has 144 valence electrons. The first-order chi connectivity index (χ1) is 14.1. The van der Waals surface area contributed by atoms with Crippen LogP contribution in [0.2, 0.25) is 0 Å². The predicted octanol–water partition coefficient (Wildman–Crippen LogP) is 4.08. The molecule has 1 saturated heterocycles. The molecule has 0 spiro atoms. The van der Waals surface area contributed by atoms with Crippen molar-refractivity contribution in [2.24, 2.45) is 5.41 Å². The maximum Gasteiger partial charge on any atom is 0.176 e. The monoisotopic (exact) mass is 383 g/mol. The lowest BCUT2D eigenvalue weighted by Crippen LogP contribution is -2.43. The Balaban J connectivity index is 1.92. The Labute approximate surface area is 170 Å². The van der Waals surface area contributed by atoms with E-state index in [9.17, 15) is 15.3 Å². The first kappa shape index (κ1) is 18.8. The van der Waals surface area contributed by atoms with Gasteiger partial charge in [0.1, 0.15) is 5.75 Å². The summed E-state index contributed by atoms with van der Waals surface area (Å²) in [6.07, 6.45) is 3.83. The van der Waals surface area contributed by atoms with E-state index >= 15 is 0 Å². The first-order valence-electron chi connectivity index (χ1n) is 9.68. The first-order valence-corrected chi connectivity index (χ1v) is 9.68. The van der Waals surface area contributed by atoms with Gasteiger partial charge in [-0.15, -0.1) is 0 Å². The Morgan fingerprint density at radius 2 is 1.83 bits per heavy atom. The molecular weight excluding hydrogens is 362 g/mol. The molecule has 0 saturated carbocycles. The van der Waals surface area contributed by atoms with Crippen molar-refractivity contribution in [1.29, 1.82) is 10.5 Å². The summed E-state index contributed by atoms with van der Waals surface area (Å²) in [6.45, 7) is 4.00. The highest BCUT2D eigenvalue weighted by atomic mass is 16.5. The van der Waals surface area contributed by atoms with Gasteiger partial charge in [0.25, 0.3) is 0 Å². The van der Waals surface area contributed by atoms with E-state index in [1.807, 2.05) is 72.5 Å². The third-order valence-electron chi connectivity index (χ3n) is 5.88. The fourth-order valence-electron chi connectivity index (χ4n) is 4.70. The molecule has 0 N–H and O–H groups in total. The lowest BCUT2D eigenvalue weighted by Gasteiger charge is -2.35. The fraction of sp³-hybridized carbons (Fsp3) is 0.292. The highest BCUT2D eigenvalue weighted by molar-refractivity contribution is 5.91. The van der Waals surface area contributed by atoms with Crippen LogP contribution in [0.5, 0.6) is 5.75 Å². The zero-order valence-corrected chi connectivity index (χ0v) is 16.4.